The van der Waals surface area contributed by atoms with E-state index in [-0.39, 0.29) is 11.1 Å². The molecule has 0 unspecified atom stereocenters. The first kappa shape index (κ1) is 46.0. The molecule has 364 valence electrons. The van der Waals surface area contributed by atoms with Gasteiger partial charge in [0.15, 0.2) is 86.5 Å². The van der Waals surface area contributed by atoms with Crippen molar-refractivity contribution in [3.63, 3.8) is 0 Å². The third-order valence-electron chi connectivity index (χ3n) is 12.4. The van der Waals surface area contributed by atoms with E-state index in [1.54, 1.807) is 6.07 Å². The number of aromatic nitrogens is 3. The Labute approximate surface area is 407 Å². The van der Waals surface area contributed by atoms with E-state index >= 15 is 0 Å². The molecule has 0 amide bonds. The zero-order valence-corrected chi connectivity index (χ0v) is 37.0. The molecule has 0 bridgehead atoms. The standard InChI is InChI=1S/C51H34BN3O18/c52-29-41(67)34(60)25(35(61)42(29)68)24-32(58)36(62)27(37(63)33(24)59)50-53-49(54-51(55-50)28-39(65)44(70)46(72)45(71)40(28)66)26-30(56)23(31(57)43(69)38(26)64)20-13-7-12-19-22-15-18(16-8-3-1-4-9-16)14-21(48(22)73-47(19)20)17-10-5-2-6-11-17/h1-15,56-72H,52H2. The second kappa shape index (κ2) is 16.4. The third-order valence-corrected chi connectivity index (χ3v) is 12.4. The summed E-state index contributed by atoms with van der Waals surface area (Å²) in [5.74, 6) is -26.4. The molecule has 8 aromatic carbocycles. The number of benzene rings is 8. The smallest absolute Gasteiger partial charge is 0.208 e. The van der Waals surface area contributed by atoms with E-state index in [2.05, 4.69) is 15.0 Å². The number of para-hydroxylation sites is 1. The van der Waals surface area contributed by atoms with Gasteiger partial charge in [0, 0.05) is 27.4 Å². The van der Waals surface area contributed by atoms with Crippen LogP contribution in [-0.2, 0) is 0 Å². The second-order valence-corrected chi connectivity index (χ2v) is 16.5. The lowest BCUT2D eigenvalue weighted by molar-refractivity contribution is 0.329. The summed E-state index contributed by atoms with van der Waals surface area (Å²) in [7, 11) is 1.07. The van der Waals surface area contributed by atoms with Gasteiger partial charge in [0.05, 0.1) is 16.7 Å². The highest BCUT2D eigenvalue weighted by Crippen LogP contribution is 2.62. The van der Waals surface area contributed by atoms with E-state index < -0.39 is 154 Å². The summed E-state index contributed by atoms with van der Waals surface area (Å²) in [4.78, 5) is 12.1. The highest BCUT2D eigenvalue weighted by molar-refractivity contribution is 6.37. The topological polar surface area (TPSA) is 396 Å². The minimum Gasteiger partial charge on any atom is -0.506 e. The molecule has 0 radical (unpaired) electrons. The fraction of sp³-hybridized carbons (Fsp3) is 0. The predicted octanol–water partition coefficient (Wildman–Crippen LogP) is 6.69. The van der Waals surface area contributed by atoms with Crippen molar-refractivity contribution in [3.05, 3.63) is 91.0 Å². The molecule has 73 heavy (non-hydrogen) atoms. The number of hydrogen-bond acceptors (Lipinski definition) is 21. The summed E-state index contributed by atoms with van der Waals surface area (Å²) in [6.45, 7) is 0. The molecule has 2 aromatic heterocycles. The highest BCUT2D eigenvalue weighted by atomic mass is 16.4. The Kier molecular flexibility index (Phi) is 10.4. The zero-order valence-electron chi connectivity index (χ0n) is 37.0. The number of phenols is 17. The molecular weight excluding hydrogens is 953 g/mol. The van der Waals surface area contributed by atoms with E-state index in [1.807, 2.05) is 72.8 Å². The summed E-state index contributed by atoms with van der Waals surface area (Å²) in [5, 5.41) is 189. The number of furan rings is 1. The number of rotatable bonds is 7. The summed E-state index contributed by atoms with van der Waals surface area (Å²) in [5.41, 5.74) is -3.48. The Bertz CT molecular complexity index is 3930. The lowest BCUT2D eigenvalue weighted by atomic mass is 9.88. The van der Waals surface area contributed by atoms with Crippen LogP contribution in [0, 0.1) is 0 Å². The Morgan fingerprint density at radius 3 is 1.15 bits per heavy atom. The Balaban J connectivity index is 1.26. The summed E-state index contributed by atoms with van der Waals surface area (Å²) in [6.07, 6.45) is 0. The molecule has 0 saturated heterocycles. The second-order valence-electron chi connectivity index (χ2n) is 16.5. The van der Waals surface area contributed by atoms with Gasteiger partial charge in [-0.15, -0.1) is 0 Å². The third kappa shape index (κ3) is 6.69. The Hall–Kier alpha value is -10.8. The number of hydrogen-bond donors (Lipinski definition) is 17. The van der Waals surface area contributed by atoms with Gasteiger partial charge < -0.3 is 91.2 Å². The van der Waals surface area contributed by atoms with Crippen LogP contribution in [0.4, 0.5) is 0 Å². The number of nitrogens with zero attached hydrogens (tertiary/aromatic N) is 3. The number of aromatic hydroxyl groups is 17. The van der Waals surface area contributed by atoms with E-state index in [9.17, 15) is 86.8 Å². The van der Waals surface area contributed by atoms with Crippen molar-refractivity contribution in [1.29, 1.82) is 0 Å². The molecule has 21 nitrogen and oxygen atoms in total. The van der Waals surface area contributed by atoms with Crippen LogP contribution in [-0.4, -0.2) is 110 Å². The maximum absolute atomic E-state index is 12.3. The van der Waals surface area contributed by atoms with Crippen molar-refractivity contribution in [2.24, 2.45) is 0 Å². The van der Waals surface area contributed by atoms with Crippen molar-refractivity contribution in [2.75, 3.05) is 0 Å². The van der Waals surface area contributed by atoms with E-state index in [0.29, 0.717) is 21.9 Å². The van der Waals surface area contributed by atoms with Crippen molar-refractivity contribution in [2.45, 2.75) is 0 Å². The summed E-state index contributed by atoms with van der Waals surface area (Å²) >= 11 is 0. The van der Waals surface area contributed by atoms with Gasteiger partial charge >= 0.3 is 0 Å². The van der Waals surface area contributed by atoms with Crippen molar-refractivity contribution in [1.82, 2.24) is 15.0 Å². The van der Waals surface area contributed by atoms with Gasteiger partial charge in [0.25, 0.3) is 0 Å². The van der Waals surface area contributed by atoms with Gasteiger partial charge in [-0.25, -0.2) is 15.0 Å². The molecule has 10 aromatic rings. The zero-order chi connectivity index (χ0) is 52.2. The van der Waals surface area contributed by atoms with Crippen LogP contribution in [0.5, 0.6) is 97.7 Å². The SMILES string of the molecule is Bc1c(O)c(O)c(-c2c(O)c(O)c(-c3nc(-c4c(O)c(O)c(O)c(O)c4O)nc(-c4c(O)c(O)c(O)c(-c5cccc6c5oc5c(-c7ccccc7)cc(-c7ccccc7)cc56)c4O)n3)c(O)c2O)c(O)c1O. The maximum atomic E-state index is 12.3. The van der Waals surface area contributed by atoms with Crippen molar-refractivity contribution >= 4 is 35.2 Å². The maximum Gasteiger partial charge on any atom is 0.208 e. The van der Waals surface area contributed by atoms with Crippen LogP contribution in [0.15, 0.2) is 95.4 Å². The lowest BCUT2D eigenvalue weighted by Gasteiger charge is -2.19. The van der Waals surface area contributed by atoms with E-state index in [1.165, 1.54) is 12.1 Å². The van der Waals surface area contributed by atoms with Crippen LogP contribution in [0.1, 0.15) is 0 Å². The number of fused-ring (bicyclic) bond motifs is 3. The van der Waals surface area contributed by atoms with Gasteiger partial charge in [0.1, 0.15) is 41.5 Å². The molecule has 0 fully saturated rings. The predicted molar refractivity (Wildman–Crippen MR) is 262 cm³/mol. The molecule has 0 aliphatic carbocycles. The monoisotopic (exact) mass is 987 g/mol. The average Bonchev–Trinajstić information content (AvgIpc) is 3.78. The molecule has 0 aliphatic rings. The minimum absolute atomic E-state index is 0.0246. The molecule has 0 saturated carbocycles. The fourth-order valence-electron chi connectivity index (χ4n) is 8.70. The van der Waals surface area contributed by atoms with Gasteiger partial charge in [-0.3, -0.25) is 0 Å². The molecular formula is C51H34BN3O18. The molecule has 2 heterocycles. The summed E-state index contributed by atoms with van der Waals surface area (Å²) in [6, 6.07) is 27.1. The quantitative estimate of drug-likeness (QED) is 0.0449. The first-order chi connectivity index (χ1) is 34.7. The Morgan fingerprint density at radius 2 is 0.658 bits per heavy atom. The average molecular weight is 988 g/mol. The van der Waals surface area contributed by atoms with Crippen LogP contribution in [0.25, 0.3) is 101 Å². The van der Waals surface area contributed by atoms with E-state index in [0.717, 1.165) is 24.5 Å². The van der Waals surface area contributed by atoms with Crippen LogP contribution in [0.2, 0.25) is 0 Å². The first-order valence-corrected chi connectivity index (χ1v) is 21.3. The Morgan fingerprint density at radius 1 is 0.288 bits per heavy atom. The van der Waals surface area contributed by atoms with Gasteiger partial charge in [0.2, 0.25) is 23.0 Å². The van der Waals surface area contributed by atoms with Crippen LogP contribution >= 0.6 is 0 Å². The molecule has 22 heteroatoms. The molecule has 17 N–H and O–H groups in total. The largest absolute Gasteiger partial charge is 0.506 e. The van der Waals surface area contributed by atoms with Crippen molar-refractivity contribution in [3.8, 4) is 176 Å². The van der Waals surface area contributed by atoms with Gasteiger partial charge in [-0.2, -0.15) is 0 Å². The number of phenolic OH excluding ortho intramolecular Hbond substituents is 17. The van der Waals surface area contributed by atoms with Crippen LogP contribution < -0.4 is 5.46 Å². The molecule has 0 spiro atoms. The van der Waals surface area contributed by atoms with E-state index in [4.69, 9.17) is 4.42 Å². The lowest BCUT2D eigenvalue weighted by Crippen LogP contribution is -2.05. The highest BCUT2D eigenvalue weighted by Gasteiger charge is 2.36. The first-order valence-electron chi connectivity index (χ1n) is 21.3. The van der Waals surface area contributed by atoms with Gasteiger partial charge in [-0.1, -0.05) is 78.9 Å². The molecule has 0 atom stereocenters. The van der Waals surface area contributed by atoms with Crippen LogP contribution in [0.3, 0.4) is 0 Å². The van der Waals surface area contributed by atoms with Gasteiger partial charge in [-0.05, 0) is 28.8 Å². The molecule has 10 rings (SSSR count). The minimum atomic E-state index is -1.53. The van der Waals surface area contributed by atoms with Crippen molar-refractivity contribution < 1.29 is 91.2 Å². The normalized spacial score (nSPS) is 11.5. The molecule has 0 aliphatic heterocycles. The fourth-order valence-corrected chi connectivity index (χ4v) is 8.70. The summed E-state index contributed by atoms with van der Waals surface area (Å²) < 4.78 is 6.58.